The minimum absolute atomic E-state index is 0.196. The van der Waals surface area contributed by atoms with Gasteiger partial charge in [0, 0.05) is 32.7 Å². The van der Waals surface area contributed by atoms with Crippen LogP contribution in [0.5, 0.6) is 0 Å². The minimum atomic E-state index is -0.514. The molecular formula is C17H28N4O4. The first-order chi connectivity index (χ1) is 11.6. The predicted molar refractivity (Wildman–Crippen MR) is 93.4 cm³/mol. The van der Waals surface area contributed by atoms with Crippen LogP contribution in [0.15, 0.2) is 10.6 Å². The Morgan fingerprint density at radius 1 is 1.48 bits per heavy atom. The molecule has 1 fully saturated rings. The fraction of sp³-hybridized carbons (Fsp3) is 0.706. The van der Waals surface area contributed by atoms with Crippen LogP contribution in [0.1, 0.15) is 39.4 Å². The van der Waals surface area contributed by atoms with Crippen LogP contribution in [0, 0.1) is 12.8 Å². The Hall–Kier alpha value is -2.25. The van der Waals surface area contributed by atoms with E-state index in [9.17, 15) is 9.59 Å². The van der Waals surface area contributed by atoms with E-state index in [-0.39, 0.29) is 18.0 Å². The lowest BCUT2D eigenvalue weighted by Gasteiger charge is -2.34. The molecular weight excluding hydrogens is 324 g/mol. The van der Waals surface area contributed by atoms with Gasteiger partial charge in [-0.05, 0) is 46.5 Å². The topological polar surface area (TPSA) is 87.9 Å². The summed E-state index contributed by atoms with van der Waals surface area (Å²) in [6.45, 7) is 9.14. The Kier molecular flexibility index (Phi) is 5.92. The number of anilines is 1. The van der Waals surface area contributed by atoms with Crippen LogP contribution in [0.2, 0.25) is 0 Å². The average Bonchev–Trinajstić information content (AvgIpc) is 2.91. The van der Waals surface area contributed by atoms with Crippen molar-refractivity contribution >= 4 is 17.9 Å². The van der Waals surface area contributed by atoms with Crippen LogP contribution in [0.25, 0.3) is 0 Å². The summed E-state index contributed by atoms with van der Waals surface area (Å²) in [6, 6.07) is 1.48. The van der Waals surface area contributed by atoms with E-state index >= 15 is 0 Å². The number of amides is 3. The molecule has 1 atom stereocenters. The first-order valence-electron chi connectivity index (χ1n) is 8.57. The summed E-state index contributed by atoms with van der Waals surface area (Å²) in [7, 11) is 1.73. The molecule has 0 aliphatic carbocycles. The average molecular weight is 352 g/mol. The third-order valence-corrected chi connectivity index (χ3v) is 3.91. The second kappa shape index (κ2) is 7.76. The lowest BCUT2D eigenvalue weighted by atomic mass is 9.98. The highest BCUT2D eigenvalue weighted by Gasteiger charge is 2.27. The van der Waals surface area contributed by atoms with Gasteiger partial charge in [-0.2, -0.15) is 0 Å². The highest BCUT2D eigenvalue weighted by Crippen LogP contribution is 2.19. The van der Waals surface area contributed by atoms with Crippen molar-refractivity contribution in [1.29, 1.82) is 0 Å². The number of nitrogens with zero attached hydrogens (tertiary/aromatic N) is 3. The Balaban J connectivity index is 1.85. The smallest absolute Gasteiger partial charge is 0.410 e. The predicted octanol–water partition coefficient (Wildman–Crippen LogP) is 3.09. The highest BCUT2D eigenvalue weighted by atomic mass is 16.6. The van der Waals surface area contributed by atoms with Gasteiger partial charge in [-0.1, -0.05) is 5.16 Å². The number of hydrogen-bond acceptors (Lipinski definition) is 5. The number of urea groups is 1. The van der Waals surface area contributed by atoms with Gasteiger partial charge in [0.05, 0.1) is 0 Å². The van der Waals surface area contributed by atoms with Crippen molar-refractivity contribution < 1.29 is 18.8 Å². The zero-order valence-electron chi connectivity index (χ0n) is 15.7. The number of hydrogen-bond donors (Lipinski definition) is 1. The zero-order chi connectivity index (χ0) is 18.6. The molecule has 0 radical (unpaired) electrons. The van der Waals surface area contributed by atoms with Gasteiger partial charge in [0.15, 0.2) is 5.82 Å². The molecule has 0 spiro atoms. The van der Waals surface area contributed by atoms with Crippen LogP contribution in [0.3, 0.4) is 0 Å². The SMILES string of the molecule is Cc1cc(NC(=O)N2CCC[C@H](CN(C)C(=O)OC(C)(C)C)C2)no1. The molecule has 2 heterocycles. The number of nitrogens with one attached hydrogen (secondary N) is 1. The molecule has 1 N–H and O–H groups in total. The maximum atomic E-state index is 12.4. The number of likely N-dealkylation sites (tertiary alicyclic amines) is 1. The van der Waals surface area contributed by atoms with Crippen molar-refractivity contribution in [3.8, 4) is 0 Å². The van der Waals surface area contributed by atoms with Gasteiger partial charge in [0.1, 0.15) is 11.4 Å². The molecule has 0 saturated carbocycles. The minimum Gasteiger partial charge on any atom is -0.444 e. The summed E-state index contributed by atoms with van der Waals surface area (Å²) in [5.41, 5.74) is -0.514. The number of rotatable bonds is 3. The maximum Gasteiger partial charge on any atom is 0.410 e. The maximum absolute atomic E-state index is 12.4. The van der Waals surface area contributed by atoms with Gasteiger partial charge in [-0.3, -0.25) is 5.32 Å². The molecule has 0 aromatic carbocycles. The number of aryl methyl sites for hydroxylation is 1. The molecule has 1 aromatic rings. The van der Waals surface area contributed by atoms with E-state index in [1.807, 2.05) is 20.8 Å². The molecule has 8 heteroatoms. The summed E-state index contributed by atoms with van der Waals surface area (Å²) >= 11 is 0. The summed E-state index contributed by atoms with van der Waals surface area (Å²) in [5.74, 6) is 1.28. The Morgan fingerprint density at radius 2 is 2.20 bits per heavy atom. The van der Waals surface area contributed by atoms with Crippen molar-refractivity contribution in [3.05, 3.63) is 11.8 Å². The van der Waals surface area contributed by atoms with Crippen LogP contribution < -0.4 is 5.32 Å². The molecule has 1 aliphatic rings. The fourth-order valence-electron chi connectivity index (χ4n) is 2.81. The van der Waals surface area contributed by atoms with Crippen molar-refractivity contribution in [1.82, 2.24) is 15.0 Å². The number of ether oxygens (including phenoxy) is 1. The van der Waals surface area contributed by atoms with Crippen molar-refractivity contribution in [2.24, 2.45) is 5.92 Å². The third-order valence-electron chi connectivity index (χ3n) is 3.91. The van der Waals surface area contributed by atoms with E-state index in [4.69, 9.17) is 9.26 Å². The van der Waals surface area contributed by atoms with E-state index in [2.05, 4.69) is 10.5 Å². The molecule has 0 unspecified atom stereocenters. The van der Waals surface area contributed by atoms with Gasteiger partial charge in [0.25, 0.3) is 0 Å². The number of piperidine rings is 1. The van der Waals surface area contributed by atoms with Gasteiger partial charge in [-0.15, -0.1) is 0 Å². The van der Waals surface area contributed by atoms with Crippen molar-refractivity contribution in [2.75, 3.05) is 32.0 Å². The summed E-state index contributed by atoms with van der Waals surface area (Å²) < 4.78 is 10.3. The highest BCUT2D eigenvalue weighted by molar-refractivity contribution is 5.88. The van der Waals surface area contributed by atoms with Crippen molar-refractivity contribution in [3.63, 3.8) is 0 Å². The summed E-state index contributed by atoms with van der Waals surface area (Å²) in [5, 5.41) is 6.51. The molecule has 1 aliphatic heterocycles. The second-order valence-electron chi connectivity index (χ2n) is 7.57. The molecule has 1 saturated heterocycles. The molecule has 3 amide bonds. The van der Waals surface area contributed by atoms with E-state index in [0.717, 1.165) is 12.8 Å². The lowest BCUT2D eigenvalue weighted by molar-refractivity contribution is 0.0253. The largest absolute Gasteiger partial charge is 0.444 e. The number of carbonyl (C=O) groups is 2. The van der Waals surface area contributed by atoms with Gasteiger partial charge < -0.3 is 19.1 Å². The summed E-state index contributed by atoms with van der Waals surface area (Å²) in [6.07, 6.45) is 1.53. The molecule has 25 heavy (non-hydrogen) atoms. The van der Waals surface area contributed by atoms with Gasteiger partial charge in [0.2, 0.25) is 0 Å². The molecule has 1 aromatic heterocycles. The molecule has 8 nitrogen and oxygen atoms in total. The number of carbonyl (C=O) groups excluding carboxylic acids is 2. The first-order valence-corrected chi connectivity index (χ1v) is 8.57. The van der Waals surface area contributed by atoms with Crippen LogP contribution in [0.4, 0.5) is 15.4 Å². The quantitative estimate of drug-likeness (QED) is 0.903. The fourth-order valence-corrected chi connectivity index (χ4v) is 2.81. The van der Waals surface area contributed by atoms with Crippen LogP contribution in [-0.2, 0) is 4.74 Å². The van der Waals surface area contributed by atoms with Crippen molar-refractivity contribution in [2.45, 2.75) is 46.1 Å². The molecule has 0 bridgehead atoms. The number of aromatic nitrogens is 1. The molecule has 2 rings (SSSR count). The van der Waals surface area contributed by atoms with E-state index in [1.165, 1.54) is 0 Å². The van der Waals surface area contributed by atoms with Crippen LogP contribution in [-0.4, -0.2) is 59.4 Å². The standard InChI is InChI=1S/C17H28N4O4/c1-12-9-14(19-25-12)18-15(22)21-8-6-7-13(11-21)10-20(5)16(23)24-17(2,3)4/h9,13H,6-8,10-11H2,1-5H3,(H,18,19,22)/t13-/m1/s1. The Bertz CT molecular complexity index is 608. The van der Waals surface area contributed by atoms with E-state index < -0.39 is 5.60 Å². The van der Waals surface area contributed by atoms with E-state index in [0.29, 0.717) is 31.2 Å². The molecule has 140 valence electrons. The Labute approximate surface area is 148 Å². The van der Waals surface area contributed by atoms with E-state index in [1.54, 1.807) is 29.8 Å². The zero-order valence-corrected chi connectivity index (χ0v) is 15.7. The monoisotopic (exact) mass is 352 g/mol. The van der Waals surface area contributed by atoms with Crippen LogP contribution >= 0.6 is 0 Å². The summed E-state index contributed by atoms with van der Waals surface area (Å²) in [4.78, 5) is 27.8. The normalized spacial score (nSPS) is 18.0. The Morgan fingerprint density at radius 3 is 2.80 bits per heavy atom. The van der Waals surface area contributed by atoms with Gasteiger partial charge in [-0.25, -0.2) is 9.59 Å². The lowest BCUT2D eigenvalue weighted by Crippen LogP contribution is -2.46. The first kappa shape index (κ1) is 19.1. The second-order valence-corrected chi connectivity index (χ2v) is 7.57. The third kappa shape index (κ3) is 5.95. The van der Waals surface area contributed by atoms with Gasteiger partial charge >= 0.3 is 12.1 Å².